The summed E-state index contributed by atoms with van der Waals surface area (Å²) in [6.45, 7) is 4.35. The Morgan fingerprint density at radius 3 is 2.19 bits per heavy atom. The van der Waals surface area contributed by atoms with E-state index in [-0.39, 0.29) is 11.7 Å². The summed E-state index contributed by atoms with van der Waals surface area (Å²) in [5.74, 6) is 1.59. The molecule has 1 atom stereocenters. The molecule has 0 saturated carbocycles. The normalized spacial score (nSPS) is 15.8. The zero-order chi connectivity index (χ0) is 18.8. The molecule has 0 aliphatic carbocycles. The second kappa shape index (κ2) is 7.28. The highest BCUT2D eigenvalue weighted by molar-refractivity contribution is 5.87. The zero-order valence-corrected chi connectivity index (χ0v) is 15.5. The fourth-order valence-corrected chi connectivity index (χ4v) is 3.42. The molecule has 1 aliphatic heterocycles. The first-order valence-electron chi connectivity index (χ1n) is 9.29. The molecule has 0 spiro atoms. The largest absolute Gasteiger partial charge is 0.485 e. The standard InChI is InChI=1S/C24H22O3/c1-16(2)13-22-19(17-9-5-3-6-10-17)14-20-23(26-22)15-21(27-24(20)25)18-11-7-4-8-12-18/h3-12,14-16,22H,13H2,1-2H3. The molecule has 0 radical (unpaired) electrons. The van der Waals surface area contributed by atoms with E-state index in [2.05, 4.69) is 13.8 Å². The van der Waals surface area contributed by atoms with Crippen molar-refractivity contribution in [2.75, 3.05) is 0 Å². The van der Waals surface area contributed by atoms with Crippen LogP contribution < -0.4 is 10.4 Å². The molecule has 3 heteroatoms. The van der Waals surface area contributed by atoms with Crippen molar-refractivity contribution in [2.24, 2.45) is 5.92 Å². The summed E-state index contributed by atoms with van der Waals surface area (Å²) in [5.41, 5.74) is 3.06. The Labute approximate surface area is 158 Å². The Balaban J connectivity index is 1.83. The number of benzene rings is 2. The van der Waals surface area contributed by atoms with Crippen molar-refractivity contribution in [3.05, 3.63) is 88.3 Å². The van der Waals surface area contributed by atoms with Gasteiger partial charge in [-0.15, -0.1) is 0 Å². The molecule has 0 bridgehead atoms. The van der Waals surface area contributed by atoms with Crippen LogP contribution in [-0.4, -0.2) is 6.10 Å². The molecule has 0 amide bonds. The van der Waals surface area contributed by atoms with Crippen molar-refractivity contribution in [3.63, 3.8) is 0 Å². The lowest BCUT2D eigenvalue weighted by Gasteiger charge is -2.28. The molecule has 2 heterocycles. The summed E-state index contributed by atoms with van der Waals surface area (Å²) in [5, 5.41) is 0. The number of fused-ring (bicyclic) bond motifs is 1. The van der Waals surface area contributed by atoms with Crippen LogP contribution in [-0.2, 0) is 0 Å². The molecular weight excluding hydrogens is 336 g/mol. The van der Waals surface area contributed by atoms with Crippen LogP contribution in [0, 0.1) is 5.92 Å². The van der Waals surface area contributed by atoms with E-state index >= 15 is 0 Å². The monoisotopic (exact) mass is 358 g/mol. The molecule has 2 aromatic carbocycles. The van der Waals surface area contributed by atoms with Gasteiger partial charge in [0, 0.05) is 17.2 Å². The first kappa shape index (κ1) is 17.3. The molecule has 1 unspecified atom stereocenters. The first-order chi connectivity index (χ1) is 13.1. The van der Waals surface area contributed by atoms with Gasteiger partial charge in [0.1, 0.15) is 23.2 Å². The minimum atomic E-state index is -0.372. The molecule has 0 saturated heterocycles. The minimum Gasteiger partial charge on any atom is -0.485 e. The van der Waals surface area contributed by atoms with E-state index in [0.29, 0.717) is 23.0 Å². The quantitative estimate of drug-likeness (QED) is 0.604. The van der Waals surface area contributed by atoms with E-state index in [9.17, 15) is 4.79 Å². The van der Waals surface area contributed by atoms with Gasteiger partial charge in [0.2, 0.25) is 0 Å². The molecule has 0 N–H and O–H groups in total. The van der Waals surface area contributed by atoms with Crippen LogP contribution in [0.3, 0.4) is 0 Å². The number of hydrogen-bond donors (Lipinski definition) is 0. The third-order valence-electron chi connectivity index (χ3n) is 4.72. The number of hydrogen-bond acceptors (Lipinski definition) is 3. The van der Waals surface area contributed by atoms with E-state index in [1.807, 2.05) is 72.8 Å². The van der Waals surface area contributed by atoms with Gasteiger partial charge in [-0.2, -0.15) is 0 Å². The minimum absolute atomic E-state index is 0.0923. The van der Waals surface area contributed by atoms with Crippen LogP contribution in [0.25, 0.3) is 23.0 Å². The second-order valence-electron chi connectivity index (χ2n) is 7.24. The van der Waals surface area contributed by atoms with Gasteiger partial charge >= 0.3 is 5.63 Å². The number of rotatable bonds is 4. The smallest absolute Gasteiger partial charge is 0.347 e. The fraction of sp³-hybridized carbons (Fsp3) is 0.208. The van der Waals surface area contributed by atoms with Gasteiger partial charge in [0.05, 0.1) is 0 Å². The van der Waals surface area contributed by atoms with Crippen LogP contribution in [0.5, 0.6) is 5.75 Å². The van der Waals surface area contributed by atoms with Crippen LogP contribution in [0.4, 0.5) is 0 Å². The van der Waals surface area contributed by atoms with E-state index in [4.69, 9.17) is 9.15 Å². The molecule has 136 valence electrons. The Hall–Kier alpha value is -3.07. The summed E-state index contributed by atoms with van der Waals surface area (Å²) in [7, 11) is 0. The van der Waals surface area contributed by atoms with Crippen LogP contribution in [0.15, 0.2) is 75.9 Å². The lowest BCUT2D eigenvalue weighted by atomic mass is 9.90. The molecule has 3 aromatic rings. The number of ether oxygens (including phenoxy) is 1. The van der Waals surface area contributed by atoms with E-state index in [1.165, 1.54) is 0 Å². The lowest BCUT2D eigenvalue weighted by Crippen LogP contribution is -2.26. The van der Waals surface area contributed by atoms with Gasteiger partial charge in [-0.1, -0.05) is 74.5 Å². The Morgan fingerprint density at radius 2 is 1.56 bits per heavy atom. The van der Waals surface area contributed by atoms with Gasteiger partial charge in [-0.3, -0.25) is 0 Å². The van der Waals surface area contributed by atoms with Gasteiger partial charge < -0.3 is 9.15 Å². The van der Waals surface area contributed by atoms with Crippen LogP contribution in [0.2, 0.25) is 0 Å². The third-order valence-corrected chi connectivity index (χ3v) is 4.72. The molecule has 4 rings (SSSR count). The van der Waals surface area contributed by atoms with Gasteiger partial charge in [0.25, 0.3) is 0 Å². The summed E-state index contributed by atoms with van der Waals surface area (Å²) in [6, 6.07) is 21.5. The molecule has 1 aromatic heterocycles. The highest BCUT2D eigenvalue weighted by atomic mass is 16.5. The molecular formula is C24H22O3. The van der Waals surface area contributed by atoms with Crippen molar-refractivity contribution in [1.82, 2.24) is 0 Å². The van der Waals surface area contributed by atoms with Crippen LogP contribution >= 0.6 is 0 Å². The highest BCUT2D eigenvalue weighted by Gasteiger charge is 2.27. The average Bonchev–Trinajstić information content (AvgIpc) is 2.68. The predicted molar refractivity (Wildman–Crippen MR) is 109 cm³/mol. The Kier molecular flexibility index (Phi) is 4.68. The van der Waals surface area contributed by atoms with Crippen molar-refractivity contribution < 1.29 is 9.15 Å². The van der Waals surface area contributed by atoms with Crippen molar-refractivity contribution in [3.8, 4) is 17.1 Å². The maximum atomic E-state index is 12.7. The topological polar surface area (TPSA) is 39.4 Å². The maximum absolute atomic E-state index is 12.7. The van der Waals surface area contributed by atoms with E-state index in [0.717, 1.165) is 23.1 Å². The fourth-order valence-electron chi connectivity index (χ4n) is 3.42. The van der Waals surface area contributed by atoms with E-state index in [1.54, 1.807) is 0 Å². The van der Waals surface area contributed by atoms with Crippen molar-refractivity contribution in [1.29, 1.82) is 0 Å². The van der Waals surface area contributed by atoms with Gasteiger partial charge in [-0.05, 0) is 24.0 Å². The molecule has 1 aliphatic rings. The summed E-state index contributed by atoms with van der Waals surface area (Å²) >= 11 is 0. The highest BCUT2D eigenvalue weighted by Crippen LogP contribution is 2.37. The Bertz CT molecular complexity index is 1010. The Morgan fingerprint density at radius 1 is 0.926 bits per heavy atom. The first-order valence-corrected chi connectivity index (χ1v) is 9.29. The average molecular weight is 358 g/mol. The predicted octanol–water partition coefficient (Wildman–Crippen LogP) is 5.65. The summed E-state index contributed by atoms with van der Waals surface area (Å²) in [4.78, 5) is 12.7. The lowest BCUT2D eigenvalue weighted by molar-refractivity contribution is 0.223. The molecule has 0 fully saturated rings. The molecule has 3 nitrogen and oxygen atoms in total. The van der Waals surface area contributed by atoms with Crippen LogP contribution in [0.1, 0.15) is 31.4 Å². The zero-order valence-electron chi connectivity index (χ0n) is 15.5. The van der Waals surface area contributed by atoms with Crippen molar-refractivity contribution >= 4 is 11.6 Å². The second-order valence-corrected chi connectivity index (χ2v) is 7.24. The summed E-state index contributed by atoms with van der Waals surface area (Å²) in [6.07, 6.45) is 2.72. The third kappa shape index (κ3) is 3.59. The van der Waals surface area contributed by atoms with Crippen molar-refractivity contribution in [2.45, 2.75) is 26.4 Å². The van der Waals surface area contributed by atoms with Gasteiger partial charge in [0.15, 0.2) is 0 Å². The van der Waals surface area contributed by atoms with Gasteiger partial charge in [-0.25, -0.2) is 4.79 Å². The maximum Gasteiger partial charge on any atom is 0.347 e. The summed E-state index contributed by atoms with van der Waals surface area (Å²) < 4.78 is 11.9. The van der Waals surface area contributed by atoms with E-state index < -0.39 is 0 Å². The molecule has 27 heavy (non-hydrogen) atoms. The SMILES string of the molecule is CC(C)CC1Oc2cc(-c3ccccc3)oc(=O)c2C=C1c1ccccc1.